The highest BCUT2D eigenvalue weighted by molar-refractivity contribution is 6.17. The summed E-state index contributed by atoms with van der Waals surface area (Å²) in [7, 11) is 0. The number of aryl methyl sites for hydroxylation is 2. The highest BCUT2D eigenvalue weighted by Gasteiger charge is 2.12. The van der Waals surface area contributed by atoms with Crippen LogP contribution in [0.15, 0.2) is 42.5 Å². The normalized spacial score (nSPS) is 11.1. The predicted molar refractivity (Wildman–Crippen MR) is 80.1 cm³/mol. The SMILES string of the molecule is Cc1ccc2nc(CCl)n(-c3ccccc3C)c2c1. The molecule has 3 heteroatoms. The smallest absolute Gasteiger partial charge is 0.129 e. The van der Waals surface area contributed by atoms with Crippen molar-refractivity contribution < 1.29 is 0 Å². The van der Waals surface area contributed by atoms with E-state index in [-0.39, 0.29) is 0 Å². The second-order valence-electron chi connectivity index (χ2n) is 4.78. The number of hydrogen-bond acceptors (Lipinski definition) is 1. The summed E-state index contributed by atoms with van der Waals surface area (Å²) in [6.45, 7) is 4.20. The van der Waals surface area contributed by atoms with Gasteiger partial charge in [0.15, 0.2) is 0 Å². The van der Waals surface area contributed by atoms with E-state index in [9.17, 15) is 0 Å². The predicted octanol–water partition coefficient (Wildman–Crippen LogP) is 4.38. The summed E-state index contributed by atoms with van der Waals surface area (Å²) < 4.78 is 2.16. The second kappa shape index (κ2) is 4.71. The van der Waals surface area contributed by atoms with Gasteiger partial charge < -0.3 is 0 Å². The third-order valence-electron chi connectivity index (χ3n) is 3.36. The number of alkyl halides is 1. The van der Waals surface area contributed by atoms with Gasteiger partial charge in [-0.15, -0.1) is 11.6 Å². The van der Waals surface area contributed by atoms with E-state index in [1.54, 1.807) is 0 Å². The van der Waals surface area contributed by atoms with Crippen LogP contribution in [0.5, 0.6) is 0 Å². The Hall–Kier alpha value is -1.80. The van der Waals surface area contributed by atoms with Gasteiger partial charge in [-0.2, -0.15) is 0 Å². The highest BCUT2D eigenvalue weighted by atomic mass is 35.5. The van der Waals surface area contributed by atoms with Gasteiger partial charge in [0.2, 0.25) is 0 Å². The second-order valence-corrected chi connectivity index (χ2v) is 5.04. The Morgan fingerprint density at radius 1 is 1.11 bits per heavy atom. The Labute approximate surface area is 117 Å². The molecule has 0 fully saturated rings. The van der Waals surface area contributed by atoms with Crippen molar-refractivity contribution >= 4 is 22.6 Å². The summed E-state index contributed by atoms with van der Waals surface area (Å²) >= 11 is 6.06. The fourth-order valence-electron chi connectivity index (χ4n) is 2.41. The van der Waals surface area contributed by atoms with Crippen molar-refractivity contribution in [2.75, 3.05) is 0 Å². The molecule has 0 spiro atoms. The van der Waals surface area contributed by atoms with Crippen molar-refractivity contribution in [3.63, 3.8) is 0 Å². The minimum atomic E-state index is 0.405. The van der Waals surface area contributed by atoms with Crippen LogP contribution in [0.1, 0.15) is 17.0 Å². The molecule has 2 nitrogen and oxygen atoms in total. The van der Waals surface area contributed by atoms with Crippen molar-refractivity contribution in [3.8, 4) is 5.69 Å². The maximum Gasteiger partial charge on any atom is 0.129 e. The standard InChI is InChI=1S/C16H15ClN2/c1-11-7-8-13-15(9-11)19(16(10-17)18-13)14-6-4-3-5-12(14)2/h3-9H,10H2,1-2H3. The molecular formula is C16H15ClN2. The van der Waals surface area contributed by atoms with Crippen molar-refractivity contribution in [3.05, 3.63) is 59.4 Å². The quantitative estimate of drug-likeness (QED) is 0.632. The maximum absolute atomic E-state index is 6.06. The number of fused-ring (bicyclic) bond motifs is 1. The molecule has 0 radical (unpaired) electrons. The van der Waals surface area contributed by atoms with Gasteiger partial charge in [0.1, 0.15) is 5.82 Å². The van der Waals surface area contributed by atoms with Crippen LogP contribution in [-0.4, -0.2) is 9.55 Å². The lowest BCUT2D eigenvalue weighted by atomic mass is 10.2. The first-order chi connectivity index (χ1) is 9.20. The Kier molecular flexibility index (Phi) is 3.03. The van der Waals surface area contributed by atoms with Crippen molar-refractivity contribution in [2.45, 2.75) is 19.7 Å². The average Bonchev–Trinajstić information content (AvgIpc) is 2.77. The molecule has 0 amide bonds. The molecule has 0 aliphatic rings. The van der Waals surface area contributed by atoms with Crippen LogP contribution in [0, 0.1) is 13.8 Å². The van der Waals surface area contributed by atoms with E-state index in [0.29, 0.717) is 5.88 Å². The molecule has 0 saturated carbocycles. The summed E-state index contributed by atoms with van der Waals surface area (Å²) in [5.74, 6) is 1.29. The number of aromatic nitrogens is 2. The molecule has 3 aromatic rings. The number of halogens is 1. The fraction of sp³-hybridized carbons (Fsp3) is 0.188. The summed E-state index contributed by atoms with van der Waals surface area (Å²) in [5, 5.41) is 0. The zero-order valence-corrected chi connectivity index (χ0v) is 11.8. The fourth-order valence-corrected chi connectivity index (χ4v) is 2.59. The Morgan fingerprint density at radius 3 is 2.63 bits per heavy atom. The molecular weight excluding hydrogens is 256 g/mol. The lowest BCUT2D eigenvalue weighted by Gasteiger charge is -2.11. The summed E-state index contributed by atoms with van der Waals surface area (Å²) in [6, 6.07) is 14.6. The maximum atomic E-state index is 6.06. The summed E-state index contributed by atoms with van der Waals surface area (Å²) in [5.41, 5.74) is 5.69. The molecule has 0 bridgehead atoms. The Balaban J connectivity index is 2.38. The van der Waals surface area contributed by atoms with Crippen LogP contribution < -0.4 is 0 Å². The van der Waals surface area contributed by atoms with Crippen LogP contribution >= 0.6 is 11.6 Å². The average molecular weight is 271 g/mol. The Bertz CT molecular complexity index is 744. The van der Waals surface area contributed by atoms with Gasteiger partial charge in [-0.1, -0.05) is 24.3 Å². The van der Waals surface area contributed by atoms with Crippen molar-refractivity contribution in [1.29, 1.82) is 0 Å². The number of hydrogen-bond donors (Lipinski definition) is 0. The van der Waals surface area contributed by atoms with Gasteiger partial charge in [0.25, 0.3) is 0 Å². The van der Waals surface area contributed by atoms with Gasteiger partial charge in [0, 0.05) is 0 Å². The largest absolute Gasteiger partial charge is 0.295 e. The van der Waals surface area contributed by atoms with Crippen LogP contribution in [-0.2, 0) is 5.88 Å². The van der Waals surface area contributed by atoms with E-state index in [1.165, 1.54) is 11.1 Å². The van der Waals surface area contributed by atoms with Gasteiger partial charge in [0.05, 0.1) is 22.6 Å². The number of imidazole rings is 1. The molecule has 0 N–H and O–H groups in total. The molecule has 0 aliphatic carbocycles. The number of nitrogens with zero attached hydrogens (tertiary/aromatic N) is 2. The van der Waals surface area contributed by atoms with E-state index in [1.807, 2.05) is 12.1 Å². The van der Waals surface area contributed by atoms with Crippen LogP contribution in [0.4, 0.5) is 0 Å². The van der Waals surface area contributed by atoms with Gasteiger partial charge in [-0.3, -0.25) is 4.57 Å². The summed E-state index contributed by atoms with van der Waals surface area (Å²) in [6.07, 6.45) is 0. The number of para-hydroxylation sites is 1. The van der Waals surface area contributed by atoms with Crippen molar-refractivity contribution in [2.24, 2.45) is 0 Å². The first kappa shape index (κ1) is 12.2. The third-order valence-corrected chi connectivity index (χ3v) is 3.59. The van der Waals surface area contributed by atoms with E-state index in [4.69, 9.17) is 11.6 Å². The molecule has 3 rings (SSSR count). The molecule has 19 heavy (non-hydrogen) atoms. The molecule has 2 aromatic carbocycles. The minimum Gasteiger partial charge on any atom is -0.295 e. The molecule has 0 aliphatic heterocycles. The topological polar surface area (TPSA) is 17.8 Å². The molecule has 1 aromatic heterocycles. The lowest BCUT2D eigenvalue weighted by molar-refractivity contribution is 0.972. The van der Waals surface area contributed by atoms with E-state index in [0.717, 1.165) is 22.5 Å². The molecule has 0 saturated heterocycles. The van der Waals surface area contributed by atoms with Crippen LogP contribution in [0.3, 0.4) is 0 Å². The van der Waals surface area contributed by atoms with E-state index < -0.39 is 0 Å². The first-order valence-corrected chi connectivity index (χ1v) is 6.84. The minimum absolute atomic E-state index is 0.405. The Morgan fingerprint density at radius 2 is 1.89 bits per heavy atom. The van der Waals surface area contributed by atoms with Gasteiger partial charge >= 0.3 is 0 Å². The zero-order valence-electron chi connectivity index (χ0n) is 11.0. The number of rotatable bonds is 2. The molecule has 96 valence electrons. The van der Waals surface area contributed by atoms with Gasteiger partial charge in [-0.05, 0) is 43.2 Å². The lowest BCUT2D eigenvalue weighted by Crippen LogP contribution is -2.01. The third kappa shape index (κ3) is 2.02. The molecule has 1 heterocycles. The van der Waals surface area contributed by atoms with Crippen molar-refractivity contribution in [1.82, 2.24) is 9.55 Å². The van der Waals surface area contributed by atoms with Crippen LogP contribution in [0.2, 0.25) is 0 Å². The zero-order chi connectivity index (χ0) is 13.4. The monoisotopic (exact) mass is 270 g/mol. The molecule has 0 atom stereocenters. The first-order valence-electron chi connectivity index (χ1n) is 6.30. The summed E-state index contributed by atoms with van der Waals surface area (Å²) in [4.78, 5) is 4.62. The van der Waals surface area contributed by atoms with E-state index in [2.05, 4.69) is 53.7 Å². The molecule has 0 unspecified atom stereocenters. The van der Waals surface area contributed by atoms with E-state index >= 15 is 0 Å². The highest BCUT2D eigenvalue weighted by Crippen LogP contribution is 2.25. The van der Waals surface area contributed by atoms with Crippen LogP contribution in [0.25, 0.3) is 16.7 Å². The van der Waals surface area contributed by atoms with Gasteiger partial charge in [-0.25, -0.2) is 4.98 Å². The number of benzene rings is 2.